The molecule has 0 saturated heterocycles. The smallest absolute Gasteiger partial charge is 0.271 e. The number of hydrogen-bond acceptors (Lipinski definition) is 6. The molecule has 0 unspecified atom stereocenters. The lowest BCUT2D eigenvalue weighted by atomic mass is 10.3. The molecule has 0 aromatic heterocycles. The fourth-order valence-corrected chi connectivity index (χ4v) is 3.21. The van der Waals surface area contributed by atoms with E-state index < -0.39 is 20.9 Å². The maximum atomic E-state index is 12.0. The first-order valence-electron chi connectivity index (χ1n) is 8.08. The Bertz CT molecular complexity index is 913. The summed E-state index contributed by atoms with van der Waals surface area (Å²) in [7, 11) is -3.56. The van der Waals surface area contributed by atoms with E-state index in [1.165, 1.54) is 48.5 Å². The third-order valence-corrected chi connectivity index (χ3v) is 4.86. The van der Waals surface area contributed by atoms with Crippen LogP contribution in [0.15, 0.2) is 53.4 Å². The normalized spacial score (nSPS) is 11.0. The van der Waals surface area contributed by atoms with Crippen molar-refractivity contribution in [2.24, 2.45) is 0 Å². The summed E-state index contributed by atoms with van der Waals surface area (Å²) in [6, 6.07) is 11.2. The minimum absolute atomic E-state index is 0.101. The third kappa shape index (κ3) is 6.04. The molecule has 2 N–H and O–H groups in total. The van der Waals surface area contributed by atoms with Gasteiger partial charge in [0.1, 0.15) is 5.75 Å². The highest BCUT2D eigenvalue weighted by molar-refractivity contribution is 7.89. The highest BCUT2D eigenvalue weighted by atomic mass is 32.2. The van der Waals surface area contributed by atoms with Crippen LogP contribution in [0.3, 0.4) is 0 Å². The van der Waals surface area contributed by atoms with E-state index in [1.807, 2.05) is 6.92 Å². The van der Waals surface area contributed by atoms with Crippen LogP contribution in [0.5, 0.6) is 5.75 Å². The Morgan fingerprint density at radius 3 is 2.52 bits per heavy atom. The zero-order valence-electron chi connectivity index (χ0n) is 14.5. The molecule has 1 amide bonds. The summed E-state index contributed by atoms with van der Waals surface area (Å²) < 4.78 is 31.7. The Kier molecular flexibility index (Phi) is 6.85. The van der Waals surface area contributed by atoms with Crippen LogP contribution in [-0.2, 0) is 14.8 Å². The molecule has 0 spiro atoms. The molecule has 0 heterocycles. The number of hydrogen-bond donors (Lipinski definition) is 2. The lowest BCUT2D eigenvalue weighted by Gasteiger charge is -2.09. The Morgan fingerprint density at radius 2 is 1.89 bits per heavy atom. The van der Waals surface area contributed by atoms with Gasteiger partial charge in [0.2, 0.25) is 10.0 Å². The molecule has 27 heavy (non-hydrogen) atoms. The van der Waals surface area contributed by atoms with E-state index in [1.54, 1.807) is 0 Å². The molecular weight excluding hydrogens is 374 g/mol. The molecule has 2 aromatic carbocycles. The summed E-state index contributed by atoms with van der Waals surface area (Å²) in [4.78, 5) is 22.2. The van der Waals surface area contributed by atoms with Crippen molar-refractivity contribution in [1.29, 1.82) is 0 Å². The maximum Gasteiger partial charge on any atom is 0.271 e. The number of amides is 1. The van der Waals surface area contributed by atoms with Gasteiger partial charge in [-0.2, -0.15) is 0 Å². The van der Waals surface area contributed by atoms with Gasteiger partial charge >= 0.3 is 0 Å². The van der Waals surface area contributed by atoms with Crippen molar-refractivity contribution in [3.63, 3.8) is 0 Å². The topological polar surface area (TPSA) is 128 Å². The van der Waals surface area contributed by atoms with E-state index in [9.17, 15) is 23.3 Å². The number of rotatable bonds is 9. The highest BCUT2D eigenvalue weighted by Gasteiger charge is 2.13. The SMILES string of the molecule is CCCNS(=O)(=O)c1ccc(OCC(=O)Nc2cccc([N+](=O)[O-])c2)cc1. The zero-order valence-corrected chi connectivity index (χ0v) is 15.4. The van der Waals surface area contributed by atoms with Gasteiger partial charge in [0, 0.05) is 24.4 Å². The largest absolute Gasteiger partial charge is 0.484 e. The van der Waals surface area contributed by atoms with Crippen molar-refractivity contribution in [2.75, 3.05) is 18.5 Å². The van der Waals surface area contributed by atoms with Crippen molar-refractivity contribution in [3.8, 4) is 5.75 Å². The summed E-state index contributed by atoms with van der Waals surface area (Å²) >= 11 is 0. The standard InChI is InChI=1S/C17H19N3O6S/c1-2-10-18-27(24,25)16-8-6-15(7-9-16)26-12-17(21)19-13-4-3-5-14(11-13)20(22)23/h3-9,11,18H,2,10,12H2,1H3,(H,19,21). The van der Waals surface area contributed by atoms with Crippen molar-refractivity contribution in [1.82, 2.24) is 4.72 Å². The molecule has 9 nitrogen and oxygen atoms in total. The first-order valence-corrected chi connectivity index (χ1v) is 9.57. The summed E-state index contributed by atoms with van der Waals surface area (Å²) in [6.45, 7) is 1.87. The number of anilines is 1. The quantitative estimate of drug-likeness (QED) is 0.497. The molecule has 2 aromatic rings. The van der Waals surface area contributed by atoms with Crippen LogP contribution in [0.1, 0.15) is 13.3 Å². The summed E-state index contributed by atoms with van der Waals surface area (Å²) in [5, 5.41) is 13.2. The van der Waals surface area contributed by atoms with E-state index in [0.717, 1.165) is 0 Å². The van der Waals surface area contributed by atoms with Gasteiger partial charge in [-0.3, -0.25) is 14.9 Å². The minimum Gasteiger partial charge on any atom is -0.484 e. The summed E-state index contributed by atoms with van der Waals surface area (Å²) in [5.41, 5.74) is 0.142. The van der Waals surface area contributed by atoms with Gasteiger partial charge in [-0.1, -0.05) is 13.0 Å². The number of nitro benzene ring substituents is 1. The van der Waals surface area contributed by atoms with E-state index in [4.69, 9.17) is 4.74 Å². The summed E-state index contributed by atoms with van der Waals surface area (Å²) in [6.07, 6.45) is 0.681. The van der Waals surface area contributed by atoms with Gasteiger partial charge in [-0.15, -0.1) is 0 Å². The van der Waals surface area contributed by atoms with Gasteiger partial charge < -0.3 is 10.1 Å². The third-order valence-electron chi connectivity index (χ3n) is 3.39. The molecular formula is C17H19N3O6S. The molecule has 2 rings (SSSR count). The monoisotopic (exact) mass is 393 g/mol. The lowest BCUT2D eigenvalue weighted by molar-refractivity contribution is -0.384. The number of sulfonamides is 1. The van der Waals surface area contributed by atoms with Crippen molar-refractivity contribution in [2.45, 2.75) is 18.2 Å². The molecule has 0 aliphatic carbocycles. The van der Waals surface area contributed by atoms with E-state index in [-0.39, 0.29) is 22.9 Å². The van der Waals surface area contributed by atoms with Crippen LogP contribution in [0.2, 0.25) is 0 Å². The average Bonchev–Trinajstić information content (AvgIpc) is 2.65. The van der Waals surface area contributed by atoms with Crippen LogP contribution in [0.4, 0.5) is 11.4 Å². The molecule has 0 atom stereocenters. The number of ether oxygens (including phenoxy) is 1. The number of benzene rings is 2. The van der Waals surface area contributed by atoms with Gasteiger partial charge in [0.15, 0.2) is 6.61 Å². The Morgan fingerprint density at radius 1 is 1.19 bits per heavy atom. The van der Waals surface area contributed by atoms with Crippen LogP contribution in [0.25, 0.3) is 0 Å². The summed E-state index contributed by atoms with van der Waals surface area (Å²) in [5.74, 6) is -0.185. The van der Waals surface area contributed by atoms with Crippen molar-refractivity contribution in [3.05, 3.63) is 58.6 Å². The van der Waals surface area contributed by atoms with Crippen molar-refractivity contribution >= 4 is 27.3 Å². The van der Waals surface area contributed by atoms with E-state index in [0.29, 0.717) is 18.7 Å². The molecule has 144 valence electrons. The maximum absolute atomic E-state index is 12.0. The molecule has 0 aliphatic heterocycles. The van der Waals surface area contributed by atoms with Gasteiger partial charge in [-0.05, 0) is 36.8 Å². The number of carbonyl (C=O) groups is 1. The highest BCUT2D eigenvalue weighted by Crippen LogP contribution is 2.18. The molecule has 0 radical (unpaired) electrons. The fraction of sp³-hybridized carbons (Fsp3) is 0.235. The Labute approximate surface area is 156 Å². The predicted octanol–water partition coefficient (Wildman–Crippen LogP) is 2.30. The second-order valence-electron chi connectivity index (χ2n) is 5.51. The first kappa shape index (κ1) is 20.3. The average molecular weight is 393 g/mol. The van der Waals surface area contributed by atoms with Crippen LogP contribution in [0, 0.1) is 10.1 Å². The Hall–Kier alpha value is -2.98. The molecule has 0 fully saturated rings. The molecule has 0 bridgehead atoms. The van der Waals surface area contributed by atoms with E-state index >= 15 is 0 Å². The number of carbonyl (C=O) groups excluding carboxylic acids is 1. The minimum atomic E-state index is -3.56. The number of nitrogens with zero attached hydrogens (tertiary/aromatic N) is 1. The second kappa shape index (κ2) is 9.10. The van der Waals surface area contributed by atoms with E-state index in [2.05, 4.69) is 10.0 Å². The van der Waals surface area contributed by atoms with Gasteiger partial charge in [-0.25, -0.2) is 13.1 Å². The van der Waals surface area contributed by atoms with Gasteiger partial charge in [0.05, 0.1) is 9.82 Å². The molecule has 10 heteroatoms. The van der Waals surface area contributed by atoms with Crippen molar-refractivity contribution < 1.29 is 22.9 Å². The first-order chi connectivity index (χ1) is 12.8. The number of nitro groups is 1. The van der Waals surface area contributed by atoms with Crippen LogP contribution in [-0.4, -0.2) is 32.4 Å². The van der Waals surface area contributed by atoms with Gasteiger partial charge in [0.25, 0.3) is 11.6 Å². The second-order valence-corrected chi connectivity index (χ2v) is 7.28. The predicted molar refractivity (Wildman–Crippen MR) is 99.1 cm³/mol. The molecule has 0 saturated carbocycles. The zero-order chi connectivity index (χ0) is 19.9. The van der Waals surface area contributed by atoms with Crippen LogP contribution >= 0.6 is 0 Å². The fourth-order valence-electron chi connectivity index (χ4n) is 2.08. The van der Waals surface area contributed by atoms with Crippen LogP contribution < -0.4 is 14.8 Å². The Balaban J connectivity index is 1.92. The number of nitrogens with one attached hydrogen (secondary N) is 2. The lowest BCUT2D eigenvalue weighted by Crippen LogP contribution is -2.24. The number of non-ortho nitro benzene ring substituents is 1. The molecule has 0 aliphatic rings.